The highest BCUT2D eigenvalue weighted by Crippen LogP contribution is 2.42. The monoisotopic (exact) mass is 428 g/mol. The second-order valence-corrected chi connectivity index (χ2v) is 8.36. The maximum absolute atomic E-state index is 13.9. The fourth-order valence-corrected chi connectivity index (χ4v) is 3.82. The van der Waals surface area contributed by atoms with E-state index < -0.39 is 17.9 Å². The van der Waals surface area contributed by atoms with Gasteiger partial charge in [-0.1, -0.05) is 11.3 Å². The Bertz CT molecular complexity index is 1140. The summed E-state index contributed by atoms with van der Waals surface area (Å²) in [4.78, 5) is 21.6. The number of halogens is 2. The molecule has 1 N–H and O–H groups in total. The van der Waals surface area contributed by atoms with Crippen LogP contribution in [0.2, 0.25) is 0 Å². The number of nitriles is 1. The predicted molar refractivity (Wildman–Crippen MR) is 106 cm³/mol. The van der Waals surface area contributed by atoms with Gasteiger partial charge in [-0.25, -0.2) is 18.7 Å². The third kappa shape index (κ3) is 4.07. The second-order valence-electron chi connectivity index (χ2n) is 7.35. The van der Waals surface area contributed by atoms with E-state index in [1.807, 2.05) is 6.07 Å². The summed E-state index contributed by atoms with van der Waals surface area (Å²) in [7, 11) is 0. The van der Waals surface area contributed by atoms with E-state index in [4.69, 9.17) is 5.26 Å². The summed E-state index contributed by atoms with van der Waals surface area (Å²) in [5, 5.41) is 16.4. The van der Waals surface area contributed by atoms with Crippen LogP contribution in [-0.2, 0) is 5.92 Å². The zero-order chi connectivity index (χ0) is 21.5. The summed E-state index contributed by atoms with van der Waals surface area (Å²) in [6.45, 7) is 2.55. The second kappa shape index (κ2) is 7.57. The van der Waals surface area contributed by atoms with Crippen molar-refractivity contribution < 1.29 is 13.6 Å². The lowest BCUT2D eigenvalue weighted by Gasteiger charge is -2.17. The van der Waals surface area contributed by atoms with Gasteiger partial charge in [0.05, 0.1) is 12.2 Å². The maximum Gasteiger partial charge on any atom is 0.270 e. The van der Waals surface area contributed by atoms with Crippen molar-refractivity contribution in [3.63, 3.8) is 0 Å². The van der Waals surface area contributed by atoms with E-state index in [-0.39, 0.29) is 17.0 Å². The van der Waals surface area contributed by atoms with Crippen LogP contribution in [-0.4, -0.2) is 25.7 Å². The van der Waals surface area contributed by atoms with Crippen molar-refractivity contribution in [2.75, 3.05) is 0 Å². The quantitative estimate of drug-likeness (QED) is 0.638. The Morgan fingerprint density at radius 3 is 2.77 bits per heavy atom. The summed E-state index contributed by atoms with van der Waals surface area (Å²) < 4.78 is 29.3. The zero-order valence-electron chi connectivity index (χ0n) is 16.3. The van der Waals surface area contributed by atoms with Gasteiger partial charge in [0.1, 0.15) is 17.3 Å². The van der Waals surface area contributed by atoms with Crippen molar-refractivity contribution >= 4 is 17.2 Å². The molecular weight excluding hydrogens is 410 g/mol. The van der Waals surface area contributed by atoms with E-state index >= 15 is 0 Å². The molecule has 1 aliphatic carbocycles. The third-order valence-corrected chi connectivity index (χ3v) is 5.74. The van der Waals surface area contributed by atoms with Gasteiger partial charge in [-0.3, -0.25) is 4.79 Å². The van der Waals surface area contributed by atoms with E-state index in [1.54, 1.807) is 13.0 Å². The van der Waals surface area contributed by atoms with Gasteiger partial charge in [-0.05, 0) is 49.4 Å². The van der Waals surface area contributed by atoms with Gasteiger partial charge in [0.25, 0.3) is 11.8 Å². The van der Waals surface area contributed by atoms with E-state index in [2.05, 4.69) is 20.4 Å². The van der Waals surface area contributed by atoms with Gasteiger partial charge in [-0.2, -0.15) is 15.0 Å². The summed E-state index contributed by atoms with van der Waals surface area (Å²) in [5.74, 6) is -2.85. The van der Waals surface area contributed by atoms with Gasteiger partial charge >= 0.3 is 0 Å². The van der Waals surface area contributed by atoms with Crippen LogP contribution in [0, 0.1) is 11.3 Å². The molecule has 2 heterocycles. The SMILES string of the molecule is C[C@H](NC(=O)c1cc(C2CC2)cc(C(C)(F)F)c1)c1ncnn1-c1ncc(C#N)s1. The van der Waals surface area contributed by atoms with Crippen molar-refractivity contribution in [2.24, 2.45) is 0 Å². The number of rotatable bonds is 6. The lowest BCUT2D eigenvalue weighted by Crippen LogP contribution is -2.29. The molecule has 4 rings (SSSR count). The third-order valence-electron chi connectivity index (χ3n) is 4.87. The largest absolute Gasteiger partial charge is 0.342 e. The number of thiazole rings is 1. The lowest BCUT2D eigenvalue weighted by atomic mass is 9.99. The van der Waals surface area contributed by atoms with E-state index in [0.717, 1.165) is 36.7 Å². The Balaban J connectivity index is 1.58. The zero-order valence-corrected chi connectivity index (χ0v) is 17.1. The fourth-order valence-electron chi connectivity index (χ4n) is 3.14. The minimum absolute atomic E-state index is 0.167. The van der Waals surface area contributed by atoms with Crippen LogP contribution >= 0.6 is 11.3 Å². The molecule has 0 aliphatic heterocycles. The molecule has 1 saturated carbocycles. The van der Waals surface area contributed by atoms with Crippen molar-refractivity contribution in [2.45, 2.75) is 44.6 Å². The molecule has 1 amide bonds. The highest BCUT2D eigenvalue weighted by Gasteiger charge is 2.31. The molecule has 1 fully saturated rings. The number of alkyl halides is 2. The molecule has 7 nitrogen and oxygen atoms in total. The molecule has 154 valence electrons. The Labute approximate surface area is 175 Å². The number of hydrogen-bond donors (Lipinski definition) is 1. The molecule has 10 heteroatoms. The minimum Gasteiger partial charge on any atom is -0.342 e. The summed E-state index contributed by atoms with van der Waals surface area (Å²) >= 11 is 1.15. The summed E-state index contributed by atoms with van der Waals surface area (Å²) in [6.07, 6.45) is 4.65. The smallest absolute Gasteiger partial charge is 0.270 e. The average Bonchev–Trinajstić information content (AvgIpc) is 3.25. The number of aromatic nitrogens is 4. The normalized spacial score (nSPS) is 14.9. The Kier molecular flexibility index (Phi) is 5.07. The molecule has 0 saturated heterocycles. The molecule has 1 atom stereocenters. The van der Waals surface area contributed by atoms with Crippen molar-refractivity contribution in [3.8, 4) is 11.2 Å². The maximum atomic E-state index is 13.9. The number of nitrogens with one attached hydrogen (secondary N) is 1. The number of nitrogens with zero attached hydrogens (tertiary/aromatic N) is 5. The van der Waals surface area contributed by atoms with Crippen molar-refractivity contribution in [1.82, 2.24) is 25.1 Å². The van der Waals surface area contributed by atoms with Crippen molar-refractivity contribution in [3.05, 3.63) is 58.1 Å². The molecule has 3 aromatic rings. The molecule has 0 bridgehead atoms. The van der Waals surface area contributed by atoms with E-state index in [9.17, 15) is 13.6 Å². The molecule has 0 unspecified atom stereocenters. The topological polar surface area (TPSA) is 96.5 Å². The molecule has 30 heavy (non-hydrogen) atoms. The Morgan fingerprint density at radius 2 is 2.13 bits per heavy atom. The molecular formula is C20H18F2N6OS. The van der Waals surface area contributed by atoms with Crippen LogP contribution in [0.5, 0.6) is 0 Å². The van der Waals surface area contributed by atoms with Crippen LogP contribution in [0.25, 0.3) is 5.13 Å². The molecule has 1 aromatic carbocycles. The molecule has 2 aromatic heterocycles. The van der Waals surface area contributed by atoms with E-state index in [0.29, 0.717) is 15.8 Å². The summed E-state index contributed by atoms with van der Waals surface area (Å²) in [6, 6.07) is 5.85. The van der Waals surface area contributed by atoms with Gasteiger partial charge in [0, 0.05) is 18.1 Å². The Hall–Kier alpha value is -3.19. The first-order chi connectivity index (χ1) is 14.3. The average molecular weight is 428 g/mol. The fraction of sp³-hybridized carbons (Fsp3) is 0.350. The number of carbonyl (C=O) groups excluding carboxylic acids is 1. The lowest BCUT2D eigenvalue weighted by molar-refractivity contribution is 0.0173. The van der Waals surface area contributed by atoms with E-state index in [1.165, 1.54) is 29.3 Å². The number of carbonyl (C=O) groups is 1. The minimum atomic E-state index is -3.03. The highest BCUT2D eigenvalue weighted by atomic mass is 32.1. The number of amides is 1. The van der Waals surface area contributed by atoms with Crippen LogP contribution in [0.3, 0.4) is 0 Å². The first-order valence-corrected chi connectivity index (χ1v) is 10.2. The van der Waals surface area contributed by atoms with Crippen LogP contribution < -0.4 is 5.32 Å². The number of hydrogen-bond acceptors (Lipinski definition) is 6. The predicted octanol–water partition coefficient (Wildman–Crippen LogP) is 4.08. The van der Waals surface area contributed by atoms with Gasteiger partial charge < -0.3 is 5.32 Å². The standard InChI is InChI=1S/C20H18F2N6OS/c1-11(17-25-10-26-28(17)19-24-9-16(8-23)30-19)27-18(29)14-5-13(12-3-4-12)6-15(7-14)20(2,21)22/h5-7,9-12H,3-4H2,1-2H3,(H,27,29)/t11-/m0/s1. The first-order valence-electron chi connectivity index (χ1n) is 9.36. The highest BCUT2D eigenvalue weighted by molar-refractivity contribution is 7.14. The summed E-state index contributed by atoms with van der Waals surface area (Å²) in [5.41, 5.74) is 0.788. The van der Waals surface area contributed by atoms with Gasteiger partial charge in [0.15, 0.2) is 5.82 Å². The molecule has 1 aliphatic rings. The first kappa shape index (κ1) is 20.1. The van der Waals surface area contributed by atoms with Crippen LogP contribution in [0.1, 0.15) is 70.8 Å². The van der Waals surface area contributed by atoms with Crippen molar-refractivity contribution in [1.29, 1.82) is 5.26 Å². The molecule has 0 spiro atoms. The van der Waals surface area contributed by atoms with Crippen LogP contribution in [0.4, 0.5) is 8.78 Å². The molecule has 0 radical (unpaired) electrons. The number of benzene rings is 1. The Morgan fingerprint density at radius 1 is 1.37 bits per heavy atom. The van der Waals surface area contributed by atoms with Gasteiger partial charge in [-0.15, -0.1) is 0 Å². The van der Waals surface area contributed by atoms with Gasteiger partial charge in [0.2, 0.25) is 5.13 Å². The van der Waals surface area contributed by atoms with Crippen LogP contribution in [0.15, 0.2) is 30.7 Å².